The first-order valence-corrected chi connectivity index (χ1v) is 9.20. The molecule has 26 heavy (non-hydrogen) atoms. The summed E-state index contributed by atoms with van der Waals surface area (Å²) in [6.45, 7) is 0.454. The number of ketones is 1. The van der Waals surface area contributed by atoms with Gasteiger partial charge < -0.3 is 10.1 Å². The molecular weight excluding hydrogens is 326 g/mol. The van der Waals surface area contributed by atoms with Gasteiger partial charge in [0.1, 0.15) is 5.75 Å². The molecule has 0 bridgehead atoms. The number of Topliss-reactive ketones (excluding diaryl/α,β-unsaturated/α-hetero) is 1. The van der Waals surface area contributed by atoms with Crippen LogP contribution in [0, 0.1) is 0 Å². The summed E-state index contributed by atoms with van der Waals surface area (Å²) < 4.78 is 5.11. The lowest BCUT2D eigenvalue weighted by Crippen LogP contribution is -2.23. The Bertz CT molecular complexity index is 780. The average Bonchev–Trinajstić information content (AvgIpc) is 2.70. The summed E-state index contributed by atoms with van der Waals surface area (Å²) in [5, 5.41) is 2.86. The van der Waals surface area contributed by atoms with E-state index in [-0.39, 0.29) is 24.5 Å². The normalized spacial score (nSPS) is 13.0. The van der Waals surface area contributed by atoms with E-state index in [1.54, 1.807) is 7.11 Å². The molecule has 0 spiro atoms. The summed E-state index contributed by atoms with van der Waals surface area (Å²) >= 11 is 0. The first kappa shape index (κ1) is 18.2. The van der Waals surface area contributed by atoms with Crippen LogP contribution in [0.25, 0.3) is 0 Å². The van der Waals surface area contributed by atoms with Gasteiger partial charge in [0.2, 0.25) is 5.91 Å². The molecule has 0 unspecified atom stereocenters. The van der Waals surface area contributed by atoms with Crippen molar-refractivity contribution in [2.45, 2.75) is 45.1 Å². The minimum atomic E-state index is -0.105. The standard InChI is InChI=1S/C22H25NO3/c1-26-20-10-6-16(7-11-20)15-23-22(25)13-12-21(24)19-9-8-17-4-2-3-5-18(17)14-19/h6-11,14H,2-5,12-13,15H2,1H3,(H,23,25). The molecule has 0 atom stereocenters. The zero-order chi connectivity index (χ0) is 18.4. The summed E-state index contributed by atoms with van der Waals surface area (Å²) in [5.41, 5.74) is 4.39. The van der Waals surface area contributed by atoms with Crippen LogP contribution in [0.2, 0.25) is 0 Å². The van der Waals surface area contributed by atoms with Crippen LogP contribution in [0.3, 0.4) is 0 Å². The zero-order valence-corrected chi connectivity index (χ0v) is 15.2. The molecular formula is C22H25NO3. The van der Waals surface area contributed by atoms with Crippen molar-refractivity contribution in [2.75, 3.05) is 7.11 Å². The van der Waals surface area contributed by atoms with Gasteiger partial charge in [-0.2, -0.15) is 0 Å². The molecule has 1 aliphatic rings. The molecule has 1 N–H and O–H groups in total. The van der Waals surface area contributed by atoms with Gasteiger partial charge in [-0.3, -0.25) is 9.59 Å². The second kappa shape index (κ2) is 8.65. The van der Waals surface area contributed by atoms with Crippen molar-refractivity contribution in [3.8, 4) is 5.75 Å². The molecule has 0 radical (unpaired) electrons. The van der Waals surface area contributed by atoms with Gasteiger partial charge >= 0.3 is 0 Å². The number of nitrogens with one attached hydrogen (secondary N) is 1. The fourth-order valence-corrected chi connectivity index (χ4v) is 3.31. The van der Waals surface area contributed by atoms with Crippen LogP contribution in [-0.4, -0.2) is 18.8 Å². The predicted octanol–water partition coefficient (Wildman–Crippen LogP) is 3.85. The number of fused-ring (bicyclic) bond motifs is 1. The van der Waals surface area contributed by atoms with Crippen LogP contribution >= 0.6 is 0 Å². The van der Waals surface area contributed by atoms with E-state index in [9.17, 15) is 9.59 Å². The van der Waals surface area contributed by atoms with Crippen molar-refractivity contribution in [3.63, 3.8) is 0 Å². The van der Waals surface area contributed by atoms with Crippen molar-refractivity contribution < 1.29 is 14.3 Å². The second-order valence-electron chi connectivity index (χ2n) is 6.74. The maximum Gasteiger partial charge on any atom is 0.220 e. The third-order valence-corrected chi connectivity index (χ3v) is 4.90. The van der Waals surface area contributed by atoms with Gasteiger partial charge in [0.05, 0.1) is 7.11 Å². The molecule has 0 fully saturated rings. The number of ether oxygens (including phenoxy) is 1. The molecule has 136 valence electrons. The van der Waals surface area contributed by atoms with Crippen molar-refractivity contribution in [1.82, 2.24) is 5.32 Å². The average molecular weight is 351 g/mol. The predicted molar refractivity (Wildman–Crippen MR) is 101 cm³/mol. The van der Waals surface area contributed by atoms with Crippen molar-refractivity contribution in [3.05, 3.63) is 64.7 Å². The number of benzene rings is 2. The highest BCUT2D eigenvalue weighted by Gasteiger charge is 2.14. The molecule has 1 amide bonds. The Hall–Kier alpha value is -2.62. The van der Waals surface area contributed by atoms with E-state index < -0.39 is 0 Å². The van der Waals surface area contributed by atoms with Gasteiger partial charge in [0.15, 0.2) is 5.78 Å². The number of hydrogen-bond acceptors (Lipinski definition) is 3. The zero-order valence-electron chi connectivity index (χ0n) is 15.2. The van der Waals surface area contributed by atoms with Gasteiger partial charge in [0.25, 0.3) is 0 Å². The molecule has 0 aliphatic heterocycles. The monoisotopic (exact) mass is 351 g/mol. The number of carbonyl (C=O) groups excluding carboxylic acids is 2. The summed E-state index contributed by atoms with van der Waals surface area (Å²) in [5.74, 6) is 0.723. The fraction of sp³-hybridized carbons (Fsp3) is 0.364. The molecule has 0 heterocycles. The van der Waals surface area contributed by atoms with E-state index >= 15 is 0 Å². The molecule has 4 nitrogen and oxygen atoms in total. The fourth-order valence-electron chi connectivity index (χ4n) is 3.31. The van der Waals surface area contributed by atoms with Crippen LogP contribution in [0.4, 0.5) is 0 Å². The summed E-state index contributed by atoms with van der Waals surface area (Å²) in [6.07, 6.45) is 5.04. The van der Waals surface area contributed by atoms with E-state index in [0.29, 0.717) is 6.54 Å². The second-order valence-corrected chi connectivity index (χ2v) is 6.74. The molecule has 0 saturated carbocycles. The Balaban J connectivity index is 1.47. The third kappa shape index (κ3) is 4.72. The van der Waals surface area contributed by atoms with Gasteiger partial charge in [-0.1, -0.05) is 24.3 Å². The van der Waals surface area contributed by atoms with Crippen LogP contribution in [0.1, 0.15) is 52.7 Å². The molecule has 4 heteroatoms. The van der Waals surface area contributed by atoms with Crippen LogP contribution in [-0.2, 0) is 24.2 Å². The SMILES string of the molecule is COc1ccc(CNC(=O)CCC(=O)c2ccc3c(c2)CCCC3)cc1. The molecule has 3 rings (SSSR count). The summed E-state index contributed by atoms with van der Waals surface area (Å²) in [6, 6.07) is 13.6. The van der Waals surface area contributed by atoms with E-state index in [2.05, 4.69) is 11.4 Å². The summed E-state index contributed by atoms with van der Waals surface area (Å²) in [7, 11) is 1.62. The lowest BCUT2D eigenvalue weighted by atomic mass is 9.89. The maximum absolute atomic E-state index is 12.4. The molecule has 2 aromatic carbocycles. The maximum atomic E-state index is 12.4. The Morgan fingerprint density at radius 2 is 1.69 bits per heavy atom. The van der Waals surface area contributed by atoms with Gasteiger partial charge in [-0.15, -0.1) is 0 Å². The number of carbonyl (C=O) groups is 2. The number of aryl methyl sites for hydroxylation is 2. The van der Waals surface area contributed by atoms with Gasteiger partial charge in [-0.05, 0) is 60.6 Å². The molecule has 0 saturated heterocycles. The number of methoxy groups -OCH3 is 1. The number of hydrogen-bond donors (Lipinski definition) is 1. The smallest absolute Gasteiger partial charge is 0.220 e. The Morgan fingerprint density at radius 3 is 2.42 bits per heavy atom. The third-order valence-electron chi connectivity index (χ3n) is 4.90. The van der Waals surface area contributed by atoms with Crippen molar-refractivity contribution in [2.24, 2.45) is 0 Å². The van der Waals surface area contributed by atoms with Gasteiger partial charge in [-0.25, -0.2) is 0 Å². The van der Waals surface area contributed by atoms with E-state index in [0.717, 1.165) is 29.7 Å². The molecule has 0 aromatic heterocycles. The van der Waals surface area contributed by atoms with E-state index in [1.807, 2.05) is 36.4 Å². The molecule has 2 aromatic rings. The Morgan fingerprint density at radius 1 is 0.962 bits per heavy atom. The van der Waals surface area contributed by atoms with Gasteiger partial charge in [0, 0.05) is 24.9 Å². The highest BCUT2D eigenvalue weighted by Crippen LogP contribution is 2.23. The van der Waals surface area contributed by atoms with Crippen molar-refractivity contribution >= 4 is 11.7 Å². The minimum Gasteiger partial charge on any atom is -0.497 e. The highest BCUT2D eigenvalue weighted by molar-refractivity contribution is 5.98. The number of rotatable bonds is 7. The topological polar surface area (TPSA) is 55.4 Å². The molecule has 1 aliphatic carbocycles. The van der Waals surface area contributed by atoms with Crippen LogP contribution in [0.5, 0.6) is 5.75 Å². The Labute approximate surface area is 154 Å². The summed E-state index contributed by atoms with van der Waals surface area (Å²) in [4.78, 5) is 24.4. The largest absolute Gasteiger partial charge is 0.497 e. The van der Waals surface area contributed by atoms with Crippen molar-refractivity contribution in [1.29, 1.82) is 0 Å². The quantitative estimate of drug-likeness (QED) is 0.771. The number of amides is 1. The van der Waals surface area contributed by atoms with Crippen LogP contribution < -0.4 is 10.1 Å². The first-order valence-electron chi connectivity index (χ1n) is 9.20. The van der Waals surface area contributed by atoms with E-state index in [4.69, 9.17) is 4.74 Å². The van der Waals surface area contributed by atoms with Crippen LogP contribution in [0.15, 0.2) is 42.5 Å². The first-order chi connectivity index (χ1) is 12.7. The minimum absolute atomic E-state index is 0.0398. The van der Waals surface area contributed by atoms with E-state index in [1.165, 1.54) is 24.0 Å². The lowest BCUT2D eigenvalue weighted by Gasteiger charge is -2.16. The highest BCUT2D eigenvalue weighted by atomic mass is 16.5. The Kier molecular flexibility index (Phi) is 6.05. The lowest BCUT2D eigenvalue weighted by molar-refractivity contribution is -0.121.